The molecule has 4 rings (SSSR count). The number of fused-ring (bicyclic) bond motifs is 1. The van der Waals surface area contributed by atoms with Crippen LogP contribution in [0.1, 0.15) is 18.9 Å². The van der Waals surface area contributed by atoms with Crippen LogP contribution in [-0.4, -0.2) is 54.2 Å². The van der Waals surface area contributed by atoms with Crippen LogP contribution < -0.4 is 34.7 Å². The number of carboxylic acids is 1. The summed E-state index contributed by atoms with van der Waals surface area (Å²) in [7, 11) is 0. The van der Waals surface area contributed by atoms with Crippen molar-refractivity contribution in [1.29, 1.82) is 0 Å². The molecule has 9 nitrogen and oxygen atoms in total. The van der Waals surface area contributed by atoms with Gasteiger partial charge in [-0.2, -0.15) is 0 Å². The Kier molecular flexibility index (Phi) is 5.55. The zero-order chi connectivity index (χ0) is 18.6. The fraction of sp³-hybridized carbons (Fsp3) is 0.312. The molecule has 2 aliphatic heterocycles. The largest absolute Gasteiger partial charge is 1.00 e. The first kappa shape index (κ1) is 20.2. The fourth-order valence-electron chi connectivity index (χ4n) is 3.68. The number of amides is 1. The van der Waals surface area contributed by atoms with Gasteiger partial charge in [0.25, 0.3) is 0 Å². The van der Waals surface area contributed by atoms with Crippen molar-refractivity contribution >= 4 is 33.4 Å². The topological polar surface area (TPSA) is 124 Å². The number of carboxylic acid groups (broad SMARTS) is 1. The molecule has 2 aromatic rings. The summed E-state index contributed by atoms with van der Waals surface area (Å²) in [6.07, 6.45) is 0.912. The maximum Gasteiger partial charge on any atom is 1.00 e. The van der Waals surface area contributed by atoms with E-state index in [0.717, 1.165) is 0 Å². The molecule has 0 saturated carbocycles. The molecule has 11 heteroatoms. The van der Waals surface area contributed by atoms with Crippen molar-refractivity contribution in [3.63, 3.8) is 0 Å². The molecule has 2 aliphatic rings. The Morgan fingerprint density at radius 3 is 2.74 bits per heavy atom. The summed E-state index contributed by atoms with van der Waals surface area (Å²) in [5.74, 6) is -2.41. The molecule has 0 bridgehead atoms. The Morgan fingerprint density at radius 1 is 1.41 bits per heavy atom. The number of hydrogen-bond donors (Lipinski definition) is 1. The first-order valence-corrected chi connectivity index (χ1v) is 8.67. The standard InChI is InChI=1S/C16H14BrN5O4.Na/c1-7(23)13-12-5-11(14(16(25)26)22(12)15(13)24)8-2-9(17)4-10(3-8)21-6-18-19-20-21;/h2-4,6-7,12-13,23H,5H2,1H3,(H,25,26);/q;+1/p-1/t7-,12-,13-;/m1./s1. The van der Waals surface area contributed by atoms with Crippen molar-refractivity contribution in [3.05, 3.63) is 40.3 Å². The van der Waals surface area contributed by atoms with Gasteiger partial charge in [-0.25, -0.2) is 4.68 Å². The molecule has 1 aromatic carbocycles. The van der Waals surface area contributed by atoms with Crippen molar-refractivity contribution in [2.24, 2.45) is 5.92 Å². The van der Waals surface area contributed by atoms with E-state index in [0.29, 0.717) is 27.7 Å². The number of hydrogen-bond acceptors (Lipinski definition) is 7. The number of tetrazole rings is 1. The van der Waals surface area contributed by atoms with Gasteiger partial charge in [0, 0.05) is 4.47 Å². The third-order valence-corrected chi connectivity index (χ3v) is 5.22. The molecule has 1 amide bonds. The third-order valence-electron chi connectivity index (χ3n) is 4.77. The number of β-lactam (4-membered cyclic amide) rings is 1. The second-order valence-electron chi connectivity index (χ2n) is 6.31. The number of benzene rings is 1. The van der Waals surface area contributed by atoms with E-state index in [2.05, 4.69) is 31.5 Å². The van der Waals surface area contributed by atoms with Gasteiger partial charge in [0.1, 0.15) is 6.33 Å². The predicted molar refractivity (Wildman–Crippen MR) is 89.2 cm³/mol. The van der Waals surface area contributed by atoms with Gasteiger partial charge in [-0.15, -0.1) is 5.10 Å². The molecule has 0 unspecified atom stereocenters. The van der Waals surface area contributed by atoms with Crippen LogP contribution in [0.4, 0.5) is 0 Å². The molecular formula is C16H13BrN5NaO4. The molecule has 134 valence electrons. The van der Waals surface area contributed by atoms with Crippen LogP contribution in [-0.2, 0) is 9.59 Å². The summed E-state index contributed by atoms with van der Waals surface area (Å²) in [5.41, 5.74) is 1.60. The van der Waals surface area contributed by atoms with Crippen molar-refractivity contribution in [3.8, 4) is 5.69 Å². The van der Waals surface area contributed by atoms with Gasteiger partial charge in [-0.3, -0.25) is 4.79 Å². The Morgan fingerprint density at radius 2 is 2.15 bits per heavy atom. The minimum absolute atomic E-state index is 0. The predicted octanol–water partition coefficient (Wildman–Crippen LogP) is -3.50. The van der Waals surface area contributed by atoms with Gasteiger partial charge in [0.2, 0.25) is 5.91 Å². The second-order valence-corrected chi connectivity index (χ2v) is 7.23. The second kappa shape index (κ2) is 7.44. The van der Waals surface area contributed by atoms with E-state index in [1.807, 2.05) is 0 Å². The smallest absolute Gasteiger partial charge is 0.543 e. The average molecular weight is 442 g/mol. The summed E-state index contributed by atoms with van der Waals surface area (Å²) >= 11 is 3.41. The first-order valence-electron chi connectivity index (χ1n) is 7.88. The zero-order valence-corrected chi connectivity index (χ0v) is 18.1. The third kappa shape index (κ3) is 3.25. The number of rotatable bonds is 4. The van der Waals surface area contributed by atoms with Crippen LogP contribution in [0.5, 0.6) is 0 Å². The Hall–Kier alpha value is -1.59. The van der Waals surface area contributed by atoms with Gasteiger partial charge >= 0.3 is 29.6 Å². The molecular weight excluding hydrogens is 429 g/mol. The van der Waals surface area contributed by atoms with E-state index in [9.17, 15) is 19.8 Å². The number of halogens is 1. The number of carbonyl (C=O) groups excluding carboxylic acids is 2. The van der Waals surface area contributed by atoms with Gasteiger partial charge < -0.3 is 19.9 Å². The number of aliphatic hydroxyl groups excluding tert-OH is 1. The maximum absolute atomic E-state index is 12.3. The van der Waals surface area contributed by atoms with Crippen molar-refractivity contribution in [2.75, 3.05) is 0 Å². The number of aliphatic hydroxyl groups is 1. The van der Waals surface area contributed by atoms with Crippen molar-refractivity contribution in [2.45, 2.75) is 25.5 Å². The number of nitrogens with zero attached hydrogens (tertiary/aromatic N) is 5. The maximum atomic E-state index is 12.3. The van der Waals surface area contributed by atoms with Crippen molar-refractivity contribution < 1.29 is 49.4 Å². The Balaban J connectivity index is 0.00000210. The molecule has 1 saturated heterocycles. The normalized spacial score (nSPS) is 22.2. The Bertz CT molecular complexity index is 946. The average Bonchev–Trinajstić information content (AvgIpc) is 3.19. The van der Waals surface area contributed by atoms with Crippen LogP contribution in [0.2, 0.25) is 0 Å². The summed E-state index contributed by atoms with van der Waals surface area (Å²) in [4.78, 5) is 25.2. The number of aromatic nitrogens is 4. The summed E-state index contributed by atoms with van der Waals surface area (Å²) < 4.78 is 2.15. The minimum Gasteiger partial charge on any atom is -0.543 e. The summed E-state index contributed by atoms with van der Waals surface area (Å²) in [6.45, 7) is 1.53. The van der Waals surface area contributed by atoms with Crippen LogP contribution in [0.3, 0.4) is 0 Å². The number of aliphatic carboxylic acids is 1. The summed E-state index contributed by atoms with van der Waals surface area (Å²) in [6, 6.07) is 4.92. The monoisotopic (exact) mass is 441 g/mol. The minimum atomic E-state index is -1.41. The molecule has 1 fully saturated rings. The van der Waals surface area contributed by atoms with E-state index in [4.69, 9.17) is 0 Å². The molecule has 27 heavy (non-hydrogen) atoms. The first-order chi connectivity index (χ1) is 12.4. The van der Waals surface area contributed by atoms with E-state index >= 15 is 0 Å². The molecule has 3 heterocycles. The van der Waals surface area contributed by atoms with Crippen LogP contribution >= 0.6 is 15.9 Å². The Labute approximate surface area is 184 Å². The van der Waals surface area contributed by atoms with Crippen LogP contribution in [0, 0.1) is 5.92 Å². The van der Waals surface area contributed by atoms with Crippen LogP contribution in [0.25, 0.3) is 11.3 Å². The van der Waals surface area contributed by atoms with E-state index in [1.54, 1.807) is 18.2 Å². The van der Waals surface area contributed by atoms with Crippen LogP contribution in [0.15, 0.2) is 34.7 Å². The zero-order valence-electron chi connectivity index (χ0n) is 14.5. The van der Waals surface area contributed by atoms with E-state index in [-0.39, 0.29) is 41.3 Å². The quantitative estimate of drug-likeness (QED) is 0.385. The van der Waals surface area contributed by atoms with Crippen molar-refractivity contribution in [1.82, 2.24) is 25.1 Å². The van der Waals surface area contributed by atoms with Gasteiger partial charge in [-0.1, -0.05) is 15.9 Å². The van der Waals surface area contributed by atoms with E-state index in [1.165, 1.54) is 22.8 Å². The number of carbonyl (C=O) groups is 2. The molecule has 1 aromatic heterocycles. The fourth-order valence-corrected chi connectivity index (χ4v) is 4.16. The SMILES string of the molecule is C[C@@H](O)[C@H]1C(=O)N2C(C(=O)[O-])=C(c3cc(Br)cc(-n4cnnn4)c3)C[C@H]12.[Na+]. The molecule has 0 aliphatic carbocycles. The van der Waals surface area contributed by atoms with Gasteiger partial charge in [0.15, 0.2) is 0 Å². The molecule has 0 spiro atoms. The molecule has 3 atom stereocenters. The molecule has 0 radical (unpaired) electrons. The molecule has 1 N–H and O–H groups in total. The summed E-state index contributed by atoms with van der Waals surface area (Å²) in [5, 5.41) is 32.6. The van der Waals surface area contributed by atoms with Gasteiger partial charge in [0.05, 0.1) is 35.4 Å². The van der Waals surface area contributed by atoms with E-state index < -0.39 is 23.9 Å². The van der Waals surface area contributed by atoms with Gasteiger partial charge in [-0.05, 0) is 53.1 Å².